The summed E-state index contributed by atoms with van der Waals surface area (Å²) in [5.74, 6) is 1.14. The van der Waals surface area contributed by atoms with Crippen LogP contribution >= 0.6 is 23.2 Å². The summed E-state index contributed by atoms with van der Waals surface area (Å²) in [4.78, 5) is 14.3. The van der Waals surface area contributed by atoms with Crippen LogP contribution in [0, 0.1) is 5.92 Å². The molecule has 0 spiro atoms. The van der Waals surface area contributed by atoms with Crippen molar-refractivity contribution in [1.29, 1.82) is 0 Å². The summed E-state index contributed by atoms with van der Waals surface area (Å²) in [5.41, 5.74) is 0. The van der Waals surface area contributed by atoms with Gasteiger partial charge in [-0.25, -0.2) is 0 Å². The van der Waals surface area contributed by atoms with Gasteiger partial charge in [0.1, 0.15) is 5.75 Å². The van der Waals surface area contributed by atoms with E-state index in [-0.39, 0.29) is 5.91 Å². The number of benzene rings is 1. The lowest BCUT2D eigenvalue weighted by Crippen LogP contribution is -2.45. The van der Waals surface area contributed by atoms with Gasteiger partial charge in [-0.15, -0.1) is 0 Å². The number of nitrogens with zero attached hydrogens (tertiary/aromatic N) is 1. The van der Waals surface area contributed by atoms with Crippen molar-refractivity contribution in [3.8, 4) is 5.75 Å². The number of hydrogen-bond acceptors (Lipinski definition) is 3. The van der Waals surface area contributed by atoms with E-state index in [2.05, 4.69) is 5.32 Å². The van der Waals surface area contributed by atoms with Crippen LogP contribution in [-0.2, 0) is 4.79 Å². The number of hydrogen-bond donors (Lipinski definition) is 1. The van der Waals surface area contributed by atoms with Gasteiger partial charge in [-0.1, -0.05) is 23.2 Å². The molecule has 1 atom stereocenters. The highest BCUT2D eigenvalue weighted by Crippen LogP contribution is 2.28. The number of carbonyl (C=O) groups is 1. The second-order valence-electron chi connectivity index (χ2n) is 5.66. The summed E-state index contributed by atoms with van der Waals surface area (Å²) in [6, 6.07) is 5.00. The molecule has 1 unspecified atom stereocenters. The van der Waals surface area contributed by atoms with E-state index in [0.29, 0.717) is 21.7 Å². The molecule has 1 aromatic rings. The lowest BCUT2D eigenvalue weighted by molar-refractivity contribution is -0.139. The second-order valence-corrected chi connectivity index (χ2v) is 6.50. The predicted molar refractivity (Wildman–Crippen MR) is 89.8 cm³/mol. The van der Waals surface area contributed by atoms with Crippen LogP contribution in [0.15, 0.2) is 18.2 Å². The first-order chi connectivity index (χ1) is 10.5. The molecule has 1 aliphatic rings. The van der Waals surface area contributed by atoms with Crippen molar-refractivity contribution in [3.05, 3.63) is 28.2 Å². The van der Waals surface area contributed by atoms with E-state index >= 15 is 0 Å². The molecule has 1 fully saturated rings. The van der Waals surface area contributed by atoms with Crippen molar-refractivity contribution < 1.29 is 9.53 Å². The number of nitrogens with one attached hydrogen (secondary N) is 1. The Morgan fingerprint density at radius 3 is 2.68 bits per heavy atom. The highest BCUT2D eigenvalue weighted by molar-refractivity contribution is 6.35. The molecule has 0 aromatic heterocycles. The maximum absolute atomic E-state index is 12.5. The number of ether oxygens (including phenoxy) is 1. The molecule has 22 heavy (non-hydrogen) atoms. The Kier molecular flexibility index (Phi) is 6.36. The van der Waals surface area contributed by atoms with Crippen LogP contribution in [0.25, 0.3) is 0 Å². The van der Waals surface area contributed by atoms with Gasteiger partial charge in [0.2, 0.25) is 0 Å². The zero-order valence-electron chi connectivity index (χ0n) is 12.9. The molecule has 1 saturated heterocycles. The Morgan fingerprint density at radius 2 is 2.09 bits per heavy atom. The molecule has 0 radical (unpaired) electrons. The van der Waals surface area contributed by atoms with Crippen molar-refractivity contribution in [1.82, 2.24) is 10.2 Å². The standard InChI is InChI=1S/C16H22Cl2N2O2/c1-11(22-15-4-3-13(17)9-14(15)18)16(21)20-7-5-12(6-8-20)10-19-2/h3-4,9,11-12,19H,5-8,10H2,1-2H3. The van der Waals surface area contributed by atoms with Gasteiger partial charge in [-0.3, -0.25) is 4.79 Å². The molecule has 1 aromatic carbocycles. The molecule has 0 aliphatic carbocycles. The third kappa shape index (κ3) is 4.51. The van der Waals surface area contributed by atoms with E-state index in [4.69, 9.17) is 27.9 Å². The molecule has 6 heteroatoms. The van der Waals surface area contributed by atoms with E-state index in [0.717, 1.165) is 32.5 Å². The summed E-state index contributed by atoms with van der Waals surface area (Å²) in [6.07, 6.45) is 1.50. The minimum atomic E-state index is -0.556. The smallest absolute Gasteiger partial charge is 0.263 e. The average molecular weight is 345 g/mol. The van der Waals surface area contributed by atoms with Gasteiger partial charge in [0.25, 0.3) is 5.91 Å². The van der Waals surface area contributed by atoms with Crippen molar-refractivity contribution in [2.24, 2.45) is 5.92 Å². The Labute approximate surface area is 141 Å². The Morgan fingerprint density at radius 1 is 1.41 bits per heavy atom. The highest BCUT2D eigenvalue weighted by atomic mass is 35.5. The van der Waals surface area contributed by atoms with Crippen LogP contribution in [0.5, 0.6) is 5.75 Å². The van der Waals surface area contributed by atoms with Crippen LogP contribution in [0.1, 0.15) is 19.8 Å². The van der Waals surface area contributed by atoms with Crippen molar-refractivity contribution in [2.75, 3.05) is 26.7 Å². The Hall–Kier alpha value is -0.970. The number of likely N-dealkylation sites (tertiary alicyclic amines) is 1. The first-order valence-corrected chi connectivity index (χ1v) is 8.32. The van der Waals surface area contributed by atoms with Crippen LogP contribution < -0.4 is 10.1 Å². The summed E-state index contributed by atoms with van der Waals surface area (Å²) >= 11 is 11.9. The van der Waals surface area contributed by atoms with Crippen molar-refractivity contribution in [2.45, 2.75) is 25.9 Å². The fraction of sp³-hybridized carbons (Fsp3) is 0.562. The molecule has 0 bridgehead atoms. The number of halogens is 2. The van der Waals surface area contributed by atoms with E-state index < -0.39 is 6.10 Å². The van der Waals surface area contributed by atoms with E-state index in [1.807, 2.05) is 11.9 Å². The van der Waals surface area contributed by atoms with Gasteiger partial charge >= 0.3 is 0 Å². The fourth-order valence-corrected chi connectivity index (χ4v) is 3.17. The minimum absolute atomic E-state index is 0.00826. The third-order valence-corrected chi connectivity index (χ3v) is 4.49. The maximum atomic E-state index is 12.5. The second kappa shape index (κ2) is 8.04. The van der Waals surface area contributed by atoms with Gasteiger partial charge in [-0.2, -0.15) is 0 Å². The van der Waals surface area contributed by atoms with Gasteiger partial charge in [-0.05, 0) is 57.5 Å². The van der Waals surface area contributed by atoms with Gasteiger partial charge in [0.15, 0.2) is 6.10 Å². The quantitative estimate of drug-likeness (QED) is 0.891. The topological polar surface area (TPSA) is 41.6 Å². The molecule has 2 rings (SSSR count). The molecule has 1 amide bonds. The average Bonchev–Trinajstić information content (AvgIpc) is 2.50. The minimum Gasteiger partial charge on any atom is -0.479 e. The van der Waals surface area contributed by atoms with E-state index in [9.17, 15) is 4.79 Å². The zero-order chi connectivity index (χ0) is 16.1. The molecule has 1 aliphatic heterocycles. The van der Waals surface area contributed by atoms with Crippen LogP contribution in [0.3, 0.4) is 0 Å². The van der Waals surface area contributed by atoms with Crippen LogP contribution in [-0.4, -0.2) is 43.6 Å². The van der Waals surface area contributed by atoms with Crippen LogP contribution in [0.2, 0.25) is 10.0 Å². The van der Waals surface area contributed by atoms with Gasteiger partial charge in [0.05, 0.1) is 5.02 Å². The molecular weight excluding hydrogens is 323 g/mol. The lowest BCUT2D eigenvalue weighted by Gasteiger charge is -2.33. The fourth-order valence-electron chi connectivity index (χ4n) is 2.71. The number of piperidine rings is 1. The zero-order valence-corrected chi connectivity index (χ0v) is 14.5. The summed E-state index contributed by atoms with van der Waals surface area (Å²) < 4.78 is 5.70. The predicted octanol–water partition coefficient (Wildman–Crippen LogP) is 3.22. The molecule has 4 nitrogen and oxygen atoms in total. The molecule has 1 heterocycles. The largest absolute Gasteiger partial charge is 0.479 e. The maximum Gasteiger partial charge on any atom is 0.263 e. The third-order valence-electron chi connectivity index (χ3n) is 3.96. The normalized spacial score (nSPS) is 17.4. The summed E-state index contributed by atoms with van der Waals surface area (Å²) in [5, 5.41) is 4.16. The van der Waals surface area contributed by atoms with Gasteiger partial charge in [0, 0.05) is 18.1 Å². The van der Waals surface area contributed by atoms with Gasteiger partial charge < -0.3 is 15.0 Å². The highest BCUT2D eigenvalue weighted by Gasteiger charge is 2.27. The molecule has 122 valence electrons. The first-order valence-electron chi connectivity index (χ1n) is 7.56. The lowest BCUT2D eigenvalue weighted by atomic mass is 9.96. The van der Waals surface area contributed by atoms with E-state index in [1.165, 1.54) is 0 Å². The van der Waals surface area contributed by atoms with Crippen LogP contribution in [0.4, 0.5) is 0 Å². The summed E-state index contributed by atoms with van der Waals surface area (Å²) in [6.45, 7) is 4.34. The number of rotatable bonds is 5. The van der Waals surface area contributed by atoms with Crippen molar-refractivity contribution >= 4 is 29.1 Å². The Bertz CT molecular complexity index is 517. The Balaban J connectivity index is 1.90. The number of carbonyl (C=O) groups excluding carboxylic acids is 1. The van der Waals surface area contributed by atoms with E-state index in [1.54, 1.807) is 25.1 Å². The number of amides is 1. The summed E-state index contributed by atoms with van der Waals surface area (Å²) in [7, 11) is 1.96. The SMILES string of the molecule is CNCC1CCN(C(=O)C(C)Oc2ccc(Cl)cc2Cl)CC1. The molecule has 0 saturated carbocycles. The monoisotopic (exact) mass is 344 g/mol. The molecule has 1 N–H and O–H groups in total. The first kappa shape index (κ1) is 17.4. The molecular formula is C16H22Cl2N2O2. The van der Waals surface area contributed by atoms with Crippen molar-refractivity contribution in [3.63, 3.8) is 0 Å².